The van der Waals surface area contributed by atoms with Crippen LogP contribution < -0.4 is 0 Å². The number of hydrogen-bond acceptors (Lipinski definition) is 4. The van der Waals surface area contributed by atoms with Crippen molar-refractivity contribution < 1.29 is 0 Å². The fraction of sp³-hybridized carbons (Fsp3) is 0.240. The van der Waals surface area contributed by atoms with E-state index in [1.807, 2.05) is 22.9 Å². The second-order valence-corrected chi connectivity index (χ2v) is 8.38. The fourth-order valence-electron chi connectivity index (χ4n) is 4.35. The van der Waals surface area contributed by atoms with Gasteiger partial charge in [0.05, 0.1) is 6.04 Å². The summed E-state index contributed by atoms with van der Waals surface area (Å²) in [7, 11) is 0. The smallest absolute Gasteiger partial charge is 0.173 e. The molecule has 4 aromatic rings. The second-order valence-electron chi connectivity index (χ2n) is 7.94. The average Bonchev–Trinajstić information content (AvgIpc) is 3.28. The molecule has 0 bridgehead atoms. The number of hydrogen-bond donors (Lipinski definition) is 0. The summed E-state index contributed by atoms with van der Waals surface area (Å²) >= 11 is 6.18. The highest BCUT2D eigenvalue weighted by molar-refractivity contribution is 6.30. The molecule has 0 spiro atoms. The van der Waals surface area contributed by atoms with Crippen molar-refractivity contribution in [1.29, 1.82) is 0 Å². The average molecular weight is 430 g/mol. The first-order valence-electron chi connectivity index (χ1n) is 10.6. The van der Waals surface area contributed by atoms with E-state index in [1.165, 1.54) is 16.7 Å². The van der Waals surface area contributed by atoms with Gasteiger partial charge in [-0.25, -0.2) is 4.68 Å². The molecule has 5 rings (SSSR count). The monoisotopic (exact) mass is 429 g/mol. The first-order valence-corrected chi connectivity index (χ1v) is 11.0. The molecule has 0 saturated carbocycles. The summed E-state index contributed by atoms with van der Waals surface area (Å²) in [4.78, 5) is 2.47. The van der Waals surface area contributed by atoms with Crippen LogP contribution in [0.4, 0.5) is 0 Å². The Bertz CT molecular complexity index is 1140. The standard InChI is InChI=1S/C25H24ClN5/c26-23-12-10-21(11-13-23)24(30-16-15-20-8-4-5-9-22(20)18-30)25-27-28-29-31(25)17-14-19-6-2-1-3-7-19/h1-13,24H,14-18H2/t24-/m1/s1. The molecule has 5 nitrogen and oxygen atoms in total. The molecule has 31 heavy (non-hydrogen) atoms. The number of tetrazole rings is 1. The van der Waals surface area contributed by atoms with Crippen molar-refractivity contribution in [3.8, 4) is 0 Å². The zero-order valence-corrected chi connectivity index (χ0v) is 18.0. The normalized spacial score (nSPS) is 14.9. The molecule has 1 aliphatic rings. The first-order chi connectivity index (χ1) is 15.3. The lowest BCUT2D eigenvalue weighted by molar-refractivity contribution is 0.194. The number of halogens is 1. The lowest BCUT2D eigenvalue weighted by Gasteiger charge is -2.35. The predicted molar refractivity (Wildman–Crippen MR) is 122 cm³/mol. The van der Waals surface area contributed by atoms with Crippen molar-refractivity contribution in [2.75, 3.05) is 6.54 Å². The van der Waals surface area contributed by atoms with Gasteiger partial charge in [-0.15, -0.1) is 5.10 Å². The van der Waals surface area contributed by atoms with Crippen molar-refractivity contribution in [1.82, 2.24) is 25.1 Å². The molecular formula is C25H24ClN5. The summed E-state index contributed by atoms with van der Waals surface area (Å²) in [6.07, 6.45) is 1.90. The van der Waals surface area contributed by atoms with Crippen LogP contribution in [-0.2, 0) is 25.9 Å². The van der Waals surface area contributed by atoms with Crippen LogP contribution in [0.3, 0.4) is 0 Å². The zero-order valence-electron chi connectivity index (χ0n) is 17.2. The molecule has 6 heteroatoms. The van der Waals surface area contributed by atoms with Gasteiger partial charge in [0.15, 0.2) is 5.82 Å². The summed E-state index contributed by atoms with van der Waals surface area (Å²) in [5.41, 5.74) is 5.23. The van der Waals surface area contributed by atoms with E-state index < -0.39 is 0 Å². The maximum Gasteiger partial charge on any atom is 0.173 e. The van der Waals surface area contributed by atoms with E-state index in [9.17, 15) is 0 Å². The molecule has 0 amide bonds. The van der Waals surface area contributed by atoms with E-state index in [-0.39, 0.29) is 6.04 Å². The van der Waals surface area contributed by atoms with E-state index >= 15 is 0 Å². The van der Waals surface area contributed by atoms with Gasteiger partial charge in [-0.1, -0.05) is 78.3 Å². The fourth-order valence-corrected chi connectivity index (χ4v) is 4.48. The molecule has 0 unspecified atom stereocenters. The van der Waals surface area contributed by atoms with Crippen molar-refractivity contribution in [2.24, 2.45) is 0 Å². The molecule has 0 aliphatic carbocycles. The molecule has 1 aromatic heterocycles. The lowest BCUT2D eigenvalue weighted by Crippen LogP contribution is -2.36. The van der Waals surface area contributed by atoms with Gasteiger partial charge in [-0.05, 0) is 57.7 Å². The minimum absolute atomic E-state index is 0.0311. The lowest BCUT2D eigenvalue weighted by atomic mass is 9.96. The Morgan fingerprint density at radius 2 is 1.61 bits per heavy atom. The van der Waals surface area contributed by atoms with Crippen molar-refractivity contribution in [2.45, 2.75) is 32.0 Å². The van der Waals surface area contributed by atoms with Crippen molar-refractivity contribution in [3.63, 3.8) is 0 Å². The Balaban J connectivity index is 1.47. The van der Waals surface area contributed by atoms with Crippen LogP contribution in [0.2, 0.25) is 5.02 Å². The highest BCUT2D eigenvalue weighted by atomic mass is 35.5. The van der Waals surface area contributed by atoms with Gasteiger partial charge in [0.1, 0.15) is 0 Å². The molecule has 0 fully saturated rings. The molecule has 156 valence electrons. The Kier molecular flexibility index (Phi) is 5.78. The van der Waals surface area contributed by atoms with E-state index in [0.717, 1.165) is 48.9 Å². The Labute approximate surface area is 187 Å². The molecule has 1 aliphatic heterocycles. The Morgan fingerprint density at radius 3 is 2.42 bits per heavy atom. The van der Waals surface area contributed by atoms with Crippen LogP contribution in [0.1, 0.15) is 34.1 Å². The van der Waals surface area contributed by atoms with Crippen LogP contribution in [0.25, 0.3) is 0 Å². The summed E-state index contributed by atoms with van der Waals surface area (Å²) < 4.78 is 1.95. The summed E-state index contributed by atoms with van der Waals surface area (Å²) in [5.74, 6) is 0.873. The molecule has 0 N–H and O–H groups in total. The van der Waals surface area contributed by atoms with Crippen molar-refractivity contribution in [3.05, 3.63) is 112 Å². The van der Waals surface area contributed by atoms with Crippen molar-refractivity contribution >= 4 is 11.6 Å². The number of aromatic nitrogens is 4. The number of rotatable bonds is 6. The van der Waals surface area contributed by atoms with Crippen LogP contribution in [0.15, 0.2) is 78.9 Å². The Morgan fingerprint density at radius 1 is 0.871 bits per heavy atom. The molecule has 1 atom stereocenters. The number of aryl methyl sites for hydroxylation is 2. The minimum Gasteiger partial charge on any atom is -0.285 e. The predicted octanol–water partition coefficient (Wildman–Crippen LogP) is 4.72. The highest BCUT2D eigenvalue weighted by Crippen LogP contribution is 2.32. The van der Waals surface area contributed by atoms with E-state index in [2.05, 4.69) is 81.1 Å². The third kappa shape index (κ3) is 4.38. The summed E-state index contributed by atoms with van der Waals surface area (Å²) in [6.45, 7) is 2.56. The largest absolute Gasteiger partial charge is 0.285 e. The summed E-state index contributed by atoms with van der Waals surface area (Å²) in [6, 6.07) is 27.2. The minimum atomic E-state index is -0.0311. The molecule has 3 aromatic carbocycles. The van der Waals surface area contributed by atoms with E-state index in [4.69, 9.17) is 11.6 Å². The van der Waals surface area contributed by atoms with Gasteiger partial charge in [0.25, 0.3) is 0 Å². The highest BCUT2D eigenvalue weighted by Gasteiger charge is 2.30. The van der Waals surface area contributed by atoms with Gasteiger partial charge in [0, 0.05) is 24.7 Å². The van der Waals surface area contributed by atoms with E-state index in [0.29, 0.717) is 0 Å². The second kappa shape index (κ2) is 9.00. The zero-order chi connectivity index (χ0) is 21.0. The van der Waals surface area contributed by atoms with E-state index in [1.54, 1.807) is 0 Å². The maximum atomic E-state index is 6.18. The summed E-state index contributed by atoms with van der Waals surface area (Å²) in [5, 5.41) is 13.6. The molecule has 2 heterocycles. The molecule has 0 radical (unpaired) electrons. The van der Waals surface area contributed by atoms with Gasteiger partial charge in [0.2, 0.25) is 0 Å². The van der Waals surface area contributed by atoms with Crippen LogP contribution in [0.5, 0.6) is 0 Å². The Hall–Kier alpha value is -3.02. The number of nitrogens with zero attached hydrogens (tertiary/aromatic N) is 5. The first kappa shape index (κ1) is 19.9. The van der Waals surface area contributed by atoms with Crippen LogP contribution >= 0.6 is 11.6 Å². The third-order valence-corrected chi connectivity index (χ3v) is 6.22. The van der Waals surface area contributed by atoms with Gasteiger partial charge < -0.3 is 0 Å². The molecule has 0 saturated heterocycles. The van der Waals surface area contributed by atoms with Gasteiger partial charge >= 0.3 is 0 Å². The quantitative estimate of drug-likeness (QED) is 0.445. The third-order valence-electron chi connectivity index (χ3n) is 5.97. The number of benzene rings is 3. The number of fused-ring (bicyclic) bond motifs is 1. The molecular weight excluding hydrogens is 406 g/mol. The SMILES string of the molecule is Clc1ccc([C@H](c2nnnn2CCc2ccccc2)N2CCc3ccccc3C2)cc1. The van der Waals surface area contributed by atoms with Gasteiger partial charge in [-0.2, -0.15) is 0 Å². The topological polar surface area (TPSA) is 46.8 Å². The van der Waals surface area contributed by atoms with Crippen LogP contribution in [0, 0.1) is 0 Å². The van der Waals surface area contributed by atoms with Crippen LogP contribution in [-0.4, -0.2) is 31.7 Å². The van der Waals surface area contributed by atoms with Gasteiger partial charge in [-0.3, -0.25) is 4.90 Å². The maximum absolute atomic E-state index is 6.18.